The molecule has 0 radical (unpaired) electrons. The molecule has 0 aliphatic heterocycles. The molecule has 1 atom stereocenters. The van der Waals surface area contributed by atoms with Gasteiger partial charge in [-0.15, -0.1) is 0 Å². The molecule has 0 saturated carbocycles. The monoisotopic (exact) mass is 1040 g/mol. The highest BCUT2D eigenvalue weighted by Gasteiger charge is 2.19. The van der Waals surface area contributed by atoms with E-state index in [2.05, 4.69) is 57.2 Å². The summed E-state index contributed by atoms with van der Waals surface area (Å²) in [6, 6.07) is 0. The summed E-state index contributed by atoms with van der Waals surface area (Å²) in [5.41, 5.74) is 0. The molecule has 0 aliphatic carbocycles. The number of ether oxygens (including phenoxy) is 3. The first-order chi connectivity index (χ1) is 36.5. The number of carbonyl (C=O) groups is 3. The molecular formula is C68H126O6. The van der Waals surface area contributed by atoms with E-state index in [9.17, 15) is 14.4 Å². The molecule has 0 N–H and O–H groups in total. The van der Waals surface area contributed by atoms with Crippen molar-refractivity contribution in [3.63, 3.8) is 0 Å². The Balaban J connectivity index is 3.91. The molecule has 0 aromatic heterocycles. The van der Waals surface area contributed by atoms with Gasteiger partial charge in [-0.25, -0.2) is 0 Å². The fourth-order valence-corrected chi connectivity index (χ4v) is 9.92. The Morgan fingerprint density at radius 2 is 0.486 bits per heavy atom. The van der Waals surface area contributed by atoms with Crippen LogP contribution in [-0.4, -0.2) is 37.2 Å². The Bertz CT molecular complexity index is 1240. The highest BCUT2D eigenvalue weighted by atomic mass is 16.6. The zero-order chi connectivity index (χ0) is 53.6. The van der Waals surface area contributed by atoms with Crippen molar-refractivity contribution in [2.75, 3.05) is 13.2 Å². The zero-order valence-corrected chi connectivity index (χ0v) is 49.9. The van der Waals surface area contributed by atoms with Gasteiger partial charge in [-0.2, -0.15) is 0 Å². The van der Waals surface area contributed by atoms with Crippen molar-refractivity contribution in [2.45, 2.75) is 367 Å². The first-order valence-corrected chi connectivity index (χ1v) is 33.0. The molecule has 434 valence electrons. The fourth-order valence-electron chi connectivity index (χ4n) is 9.92. The maximum absolute atomic E-state index is 12.8. The molecule has 0 aromatic carbocycles. The normalized spacial score (nSPS) is 12.2. The zero-order valence-electron chi connectivity index (χ0n) is 49.9. The van der Waals surface area contributed by atoms with Crippen LogP contribution in [0.4, 0.5) is 0 Å². The van der Waals surface area contributed by atoms with Gasteiger partial charge in [0.1, 0.15) is 13.2 Å². The largest absolute Gasteiger partial charge is 0.462 e. The van der Waals surface area contributed by atoms with Crippen LogP contribution in [0.1, 0.15) is 361 Å². The van der Waals surface area contributed by atoms with Crippen LogP contribution < -0.4 is 0 Å². The van der Waals surface area contributed by atoms with Crippen LogP contribution in [0.5, 0.6) is 0 Å². The molecule has 0 fully saturated rings. The van der Waals surface area contributed by atoms with E-state index in [-0.39, 0.29) is 31.1 Å². The molecule has 0 heterocycles. The van der Waals surface area contributed by atoms with E-state index in [0.29, 0.717) is 19.3 Å². The lowest BCUT2D eigenvalue weighted by molar-refractivity contribution is -0.167. The molecule has 0 rings (SSSR count). The summed E-state index contributed by atoms with van der Waals surface area (Å²) in [5.74, 6) is -0.882. The Morgan fingerprint density at radius 3 is 0.784 bits per heavy atom. The van der Waals surface area contributed by atoms with Crippen molar-refractivity contribution in [1.29, 1.82) is 0 Å². The highest BCUT2D eigenvalue weighted by molar-refractivity contribution is 5.71. The minimum atomic E-state index is -0.774. The second kappa shape index (κ2) is 63.2. The van der Waals surface area contributed by atoms with Gasteiger partial charge in [0.05, 0.1) is 0 Å². The fraction of sp³-hybridized carbons (Fsp3) is 0.868. The maximum Gasteiger partial charge on any atom is 0.306 e. The van der Waals surface area contributed by atoms with E-state index < -0.39 is 6.10 Å². The molecule has 0 saturated heterocycles. The third kappa shape index (κ3) is 60.5. The van der Waals surface area contributed by atoms with Crippen molar-refractivity contribution >= 4 is 17.9 Å². The van der Waals surface area contributed by atoms with Crippen molar-refractivity contribution in [2.24, 2.45) is 0 Å². The Hall–Kier alpha value is -2.37. The predicted molar refractivity (Wildman–Crippen MR) is 321 cm³/mol. The minimum absolute atomic E-state index is 0.0742. The van der Waals surface area contributed by atoms with Gasteiger partial charge >= 0.3 is 17.9 Å². The standard InChI is InChI=1S/C68H126O6/c1-4-7-10-13-15-17-19-21-23-25-27-28-29-30-31-32-33-34-35-36-37-38-39-41-42-44-46-48-50-52-55-58-61-67(70)73-64-65(63-72-66(69)60-57-54-12-9-6-3)74-68(71)62-59-56-53-51-49-47-45-43-40-26-24-22-20-18-16-14-11-8-5-2/h16,18,22,24,40,43,65H,4-15,17,19-21,23,25-39,41-42,44-64H2,1-3H3/b18-16-,24-22-,43-40-. The lowest BCUT2D eigenvalue weighted by atomic mass is 10.0. The van der Waals surface area contributed by atoms with Gasteiger partial charge in [0.2, 0.25) is 0 Å². The third-order valence-corrected chi connectivity index (χ3v) is 14.9. The van der Waals surface area contributed by atoms with Gasteiger partial charge in [-0.1, -0.05) is 320 Å². The molecule has 74 heavy (non-hydrogen) atoms. The van der Waals surface area contributed by atoms with E-state index in [1.165, 1.54) is 238 Å². The average Bonchev–Trinajstić information content (AvgIpc) is 3.40. The predicted octanol–water partition coefficient (Wildman–Crippen LogP) is 22.4. The molecule has 6 nitrogen and oxygen atoms in total. The molecule has 0 aromatic rings. The summed E-state index contributed by atoms with van der Waals surface area (Å²) in [6.45, 7) is 6.57. The van der Waals surface area contributed by atoms with Gasteiger partial charge < -0.3 is 14.2 Å². The summed E-state index contributed by atoms with van der Waals surface area (Å²) < 4.78 is 16.8. The summed E-state index contributed by atoms with van der Waals surface area (Å²) in [5, 5.41) is 0. The average molecular weight is 1040 g/mol. The molecule has 6 heteroatoms. The molecular weight excluding hydrogens is 913 g/mol. The number of esters is 3. The van der Waals surface area contributed by atoms with Crippen LogP contribution in [0.15, 0.2) is 36.5 Å². The number of hydrogen-bond acceptors (Lipinski definition) is 6. The van der Waals surface area contributed by atoms with Crippen LogP contribution in [-0.2, 0) is 28.6 Å². The topological polar surface area (TPSA) is 78.9 Å². The minimum Gasteiger partial charge on any atom is -0.462 e. The van der Waals surface area contributed by atoms with Crippen molar-refractivity contribution in [3.8, 4) is 0 Å². The number of carbonyl (C=O) groups excluding carboxylic acids is 3. The first kappa shape index (κ1) is 71.6. The van der Waals surface area contributed by atoms with E-state index in [1.54, 1.807) is 0 Å². The number of allylic oxidation sites excluding steroid dienone is 6. The van der Waals surface area contributed by atoms with Gasteiger partial charge in [-0.3, -0.25) is 14.4 Å². The Labute approximate surface area is 461 Å². The molecule has 0 bridgehead atoms. The van der Waals surface area contributed by atoms with E-state index >= 15 is 0 Å². The summed E-state index contributed by atoms with van der Waals surface area (Å²) in [6.07, 6.45) is 78.0. The summed E-state index contributed by atoms with van der Waals surface area (Å²) in [4.78, 5) is 37.9. The number of unbranched alkanes of at least 4 members (excludes halogenated alkanes) is 44. The number of hydrogen-bond donors (Lipinski definition) is 0. The Morgan fingerprint density at radius 1 is 0.270 bits per heavy atom. The first-order valence-electron chi connectivity index (χ1n) is 33.0. The van der Waals surface area contributed by atoms with Gasteiger partial charge in [0.25, 0.3) is 0 Å². The van der Waals surface area contributed by atoms with Crippen LogP contribution in [0.3, 0.4) is 0 Å². The van der Waals surface area contributed by atoms with Crippen LogP contribution in [0.25, 0.3) is 0 Å². The Kier molecular flexibility index (Phi) is 61.1. The molecule has 0 aliphatic rings. The van der Waals surface area contributed by atoms with Crippen LogP contribution in [0.2, 0.25) is 0 Å². The lowest BCUT2D eigenvalue weighted by Gasteiger charge is -2.18. The van der Waals surface area contributed by atoms with Gasteiger partial charge in [-0.05, 0) is 57.8 Å². The van der Waals surface area contributed by atoms with Crippen molar-refractivity contribution in [3.05, 3.63) is 36.5 Å². The molecule has 1 unspecified atom stereocenters. The quantitative estimate of drug-likeness (QED) is 0.0261. The second-order valence-corrected chi connectivity index (χ2v) is 22.4. The third-order valence-electron chi connectivity index (χ3n) is 14.9. The summed E-state index contributed by atoms with van der Waals surface area (Å²) >= 11 is 0. The second-order valence-electron chi connectivity index (χ2n) is 22.4. The lowest BCUT2D eigenvalue weighted by Crippen LogP contribution is -2.30. The number of rotatable bonds is 61. The highest BCUT2D eigenvalue weighted by Crippen LogP contribution is 2.18. The van der Waals surface area contributed by atoms with E-state index in [0.717, 1.165) is 83.5 Å². The van der Waals surface area contributed by atoms with Crippen LogP contribution >= 0.6 is 0 Å². The van der Waals surface area contributed by atoms with E-state index in [4.69, 9.17) is 14.2 Å². The van der Waals surface area contributed by atoms with E-state index in [1.807, 2.05) is 0 Å². The van der Waals surface area contributed by atoms with Gasteiger partial charge in [0, 0.05) is 19.3 Å². The van der Waals surface area contributed by atoms with Crippen molar-refractivity contribution in [1.82, 2.24) is 0 Å². The maximum atomic E-state index is 12.8. The van der Waals surface area contributed by atoms with Gasteiger partial charge in [0.15, 0.2) is 6.10 Å². The SMILES string of the molecule is CCCCC/C=C\C/C=C\C/C=C\CCCCCCCCC(=O)OC(COC(=O)CCCCCCC)COC(=O)CCCCCCCCCCCCCCCCCCCCCCCCCCCCCCCCCC. The molecule has 0 amide bonds. The smallest absolute Gasteiger partial charge is 0.306 e. The van der Waals surface area contributed by atoms with Crippen LogP contribution in [0, 0.1) is 0 Å². The summed E-state index contributed by atoms with van der Waals surface area (Å²) in [7, 11) is 0. The van der Waals surface area contributed by atoms with Crippen molar-refractivity contribution < 1.29 is 28.6 Å². The molecule has 0 spiro atoms.